The molecule has 7 heteroatoms. The van der Waals surface area contributed by atoms with E-state index in [1.165, 1.54) is 12.3 Å². The van der Waals surface area contributed by atoms with Crippen LogP contribution in [0.15, 0.2) is 12.3 Å². The minimum atomic E-state index is -1.15. The summed E-state index contributed by atoms with van der Waals surface area (Å²) in [6.45, 7) is 3.45. The van der Waals surface area contributed by atoms with E-state index in [2.05, 4.69) is 10.3 Å². The van der Waals surface area contributed by atoms with Gasteiger partial charge in [0.1, 0.15) is 11.4 Å². The molecule has 1 rings (SSSR count). The van der Waals surface area contributed by atoms with Gasteiger partial charge in [-0.05, 0) is 19.9 Å². The second-order valence-corrected chi connectivity index (χ2v) is 4.62. The Morgan fingerprint density at radius 1 is 1.50 bits per heavy atom. The van der Waals surface area contributed by atoms with Crippen molar-refractivity contribution in [2.75, 3.05) is 11.1 Å². The molecule has 0 aliphatic heterocycles. The molecule has 0 atom stereocenters. The lowest BCUT2D eigenvalue weighted by molar-refractivity contribution is -0.118. The van der Waals surface area contributed by atoms with Gasteiger partial charge in [-0.1, -0.05) is 0 Å². The van der Waals surface area contributed by atoms with Crippen molar-refractivity contribution in [1.82, 2.24) is 4.98 Å². The van der Waals surface area contributed by atoms with Crippen molar-refractivity contribution in [2.24, 2.45) is 5.73 Å². The van der Waals surface area contributed by atoms with Crippen molar-refractivity contribution < 1.29 is 14.7 Å². The van der Waals surface area contributed by atoms with Crippen molar-refractivity contribution in [3.63, 3.8) is 0 Å². The molecule has 0 saturated heterocycles. The topological polar surface area (TPSA) is 131 Å². The maximum absolute atomic E-state index is 11.1. The van der Waals surface area contributed by atoms with E-state index < -0.39 is 17.4 Å². The molecule has 1 amide bonds. The highest BCUT2D eigenvalue weighted by Crippen LogP contribution is 2.21. The van der Waals surface area contributed by atoms with E-state index in [1.807, 2.05) is 0 Å². The molecular weight excluding hydrogens is 236 g/mol. The molecule has 98 valence electrons. The number of carbonyl (C=O) groups is 2. The maximum Gasteiger partial charge on any atom is 0.339 e. The van der Waals surface area contributed by atoms with Crippen LogP contribution >= 0.6 is 0 Å². The molecular formula is C11H16N4O3. The molecule has 18 heavy (non-hydrogen) atoms. The lowest BCUT2D eigenvalue weighted by Crippen LogP contribution is -2.36. The van der Waals surface area contributed by atoms with Crippen LogP contribution in [0.5, 0.6) is 0 Å². The molecule has 0 saturated carbocycles. The number of hydrogen-bond donors (Lipinski definition) is 4. The number of nitrogen functional groups attached to an aromatic ring is 1. The lowest BCUT2D eigenvalue weighted by Gasteiger charge is -2.26. The highest BCUT2D eigenvalue weighted by molar-refractivity contribution is 5.94. The Kier molecular flexibility index (Phi) is 3.75. The quantitative estimate of drug-likeness (QED) is 0.600. The van der Waals surface area contributed by atoms with Crippen LogP contribution in [0.3, 0.4) is 0 Å². The molecule has 7 nitrogen and oxygen atoms in total. The second-order valence-electron chi connectivity index (χ2n) is 4.62. The lowest BCUT2D eigenvalue weighted by atomic mass is 10.00. The minimum Gasteiger partial charge on any atom is -0.478 e. The number of amides is 1. The van der Waals surface area contributed by atoms with E-state index in [1.54, 1.807) is 13.8 Å². The van der Waals surface area contributed by atoms with E-state index >= 15 is 0 Å². The number of rotatable bonds is 5. The molecule has 6 N–H and O–H groups in total. The zero-order chi connectivity index (χ0) is 13.9. The summed E-state index contributed by atoms with van der Waals surface area (Å²) in [6.07, 6.45) is 1.40. The smallest absolute Gasteiger partial charge is 0.339 e. The van der Waals surface area contributed by atoms with Crippen LogP contribution in [0.4, 0.5) is 11.5 Å². The summed E-state index contributed by atoms with van der Waals surface area (Å²) >= 11 is 0. The van der Waals surface area contributed by atoms with Gasteiger partial charge >= 0.3 is 5.97 Å². The minimum absolute atomic E-state index is 0.0486. The van der Waals surface area contributed by atoms with Gasteiger partial charge in [-0.2, -0.15) is 0 Å². The van der Waals surface area contributed by atoms with E-state index in [0.29, 0.717) is 0 Å². The van der Waals surface area contributed by atoms with Crippen LogP contribution < -0.4 is 16.8 Å². The normalized spacial score (nSPS) is 11.0. The van der Waals surface area contributed by atoms with E-state index in [-0.39, 0.29) is 23.5 Å². The van der Waals surface area contributed by atoms with Crippen molar-refractivity contribution in [3.05, 3.63) is 17.8 Å². The standard InChI is InChI=1S/C11H16N4O3/c1-11(2,4-8(13)16)15-9-7(10(17)18)3-6(12)5-14-9/h3,5H,4,12H2,1-2H3,(H2,13,16)(H,14,15)(H,17,18). The fraction of sp³-hybridized carbons (Fsp3) is 0.364. The molecule has 0 aliphatic rings. The fourth-order valence-electron chi connectivity index (χ4n) is 1.54. The number of aromatic carboxylic acids is 1. The number of carboxylic acids is 1. The molecule has 0 radical (unpaired) electrons. The van der Waals surface area contributed by atoms with Crippen LogP contribution in [-0.2, 0) is 4.79 Å². The summed E-state index contributed by atoms with van der Waals surface area (Å²) in [5.74, 6) is -1.48. The van der Waals surface area contributed by atoms with Gasteiger partial charge in [0.05, 0.1) is 11.9 Å². The van der Waals surface area contributed by atoms with Gasteiger partial charge in [-0.3, -0.25) is 4.79 Å². The third-order valence-electron chi connectivity index (χ3n) is 2.21. The Labute approximate surface area is 104 Å². The molecule has 1 aromatic heterocycles. The molecule has 0 fully saturated rings. The Hall–Kier alpha value is -2.31. The Morgan fingerprint density at radius 2 is 2.11 bits per heavy atom. The molecule has 1 aromatic rings. The van der Waals surface area contributed by atoms with Gasteiger partial charge < -0.3 is 21.9 Å². The Bertz CT molecular complexity index is 485. The van der Waals surface area contributed by atoms with Gasteiger partial charge in [0.15, 0.2) is 0 Å². The van der Waals surface area contributed by atoms with Crippen molar-refractivity contribution in [3.8, 4) is 0 Å². The van der Waals surface area contributed by atoms with E-state index in [9.17, 15) is 9.59 Å². The number of anilines is 2. The Morgan fingerprint density at radius 3 is 2.61 bits per heavy atom. The number of carbonyl (C=O) groups excluding carboxylic acids is 1. The molecule has 0 spiro atoms. The van der Waals surface area contributed by atoms with Crippen LogP contribution in [0.1, 0.15) is 30.6 Å². The average molecular weight is 252 g/mol. The Balaban J connectivity index is 3.03. The van der Waals surface area contributed by atoms with Crippen LogP contribution in [0.25, 0.3) is 0 Å². The zero-order valence-electron chi connectivity index (χ0n) is 10.2. The van der Waals surface area contributed by atoms with Crippen LogP contribution in [0.2, 0.25) is 0 Å². The van der Waals surface area contributed by atoms with Crippen LogP contribution in [-0.4, -0.2) is 27.5 Å². The predicted octanol–water partition coefficient (Wildman–Crippen LogP) is 0.428. The SMILES string of the molecule is CC(C)(CC(N)=O)Nc1ncc(N)cc1C(=O)O. The fourth-order valence-corrected chi connectivity index (χ4v) is 1.54. The summed E-state index contributed by atoms with van der Waals surface area (Å²) in [5.41, 5.74) is 10.1. The summed E-state index contributed by atoms with van der Waals surface area (Å²) in [4.78, 5) is 25.9. The third kappa shape index (κ3) is 3.62. The third-order valence-corrected chi connectivity index (χ3v) is 2.21. The predicted molar refractivity (Wildman–Crippen MR) is 67.1 cm³/mol. The highest BCUT2D eigenvalue weighted by Gasteiger charge is 2.23. The number of nitrogens with zero attached hydrogens (tertiary/aromatic N) is 1. The van der Waals surface area contributed by atoms with Crippen LogP contribution in [0, 0.1) is 0 Å². The molecule has 1 heterocycles. The largest absolute Gasteiger partial charge is 0.478 e. The average Bonchev–Trinajstić information content (AvgIpc) is 2.18. The van der Waals surface area contributed by atoms with E-state index in [4.69, 9.17) is 16.6 Å². The maximum atomic E-state index is 11.1. The molecule has 0 bridgehead atoms. The number of nitrogens with one attached hydrogen (secondary N) is 1. The first kappa shape index (κ1) is 13.8. The number of primary amides is 1. The first-order chi connectivity index (χ1) is 8.21. The molecule has 0 unspecified atom stereocenters. The molecule has 0 aromatic carbocycles. The van der Waals surface area contributed by atoms with Crippen molar-refractivity contribution >= 4 is 23.4 Å². The van der Waals surface area contributed by atoms with Gasteiger partial charge in [-0.25, -0.2) is 9.78 Å². The summed E-state index contributed by atoms with van der Waals surface area (Å²) in [5, 5.41) is 11.9. The van der Waals surface area contributed by atoms with Gasteiger partial charge in [0.25, 0.3) is 0 Å². The van der Waals surface area contributed by atoms with Crippen molar-refractivity contribution in [1.29, 1.82) is 0 Å². The number of carboxylic acid groups (broad SMARTS) is 1. The number of hydrogen-bond acceptors (Lipinski definition) is 5. The number of nitrogens with two attached hydrogens (primary N) is 2. The summed E-state index contributed by atoms with van der Waals surface area (Å²) in [6, 6.07) is 1.30. The summed E-state index contributed by atoms with van der Waals surface area (Å²) < 4.78 is 0. The van der Waals surface area contributed by atoms with Crippen molar-refractivity contribution in [2.45, 2.75) is 25.8 Å². The number of pyridine rings is 1. The first-order valence-corrected chi connectivity index (χ1v) is 5.26. The molecule has 0 aliphatic carbocycles. The zero-order valence-corrected chi connectivity index (χ0v) is 10.2. The van der Waals surface area contributed by atoms with Gasteiger partial charge in [0, 0.05) is 12.0 Å². The summed E-state index contributed by atoms with van der Waals surface area (Å²) in [7, 11) is 0. The monoisotopic (exact) mass is 252 g/mol. The van der Waals surface area contributed by atoms with E-state index in [0.717, 1.165) is 0 Å². The van der Waals surface area contributed by atoms with Gasteiger partial charge in [0.2, 0.25) is 5.91 Å². The highest BCUT2D eigenvalue weighted by atomic mass is 16.4. The first-order valence-electron chi connectivity index (χ1n) is 5.26. The number of aromatic nitrogens is 1. The van der Waals surface area contributed by atoms with Gasteiger partial charge in [-0.15, -0.1) is 0 Å². The second kappa shape index (κ2) is 4.91.